The summed E-state index contributed by atoms with van der Waals surface area (Å²) in [5.74, 6) is -0.745. The van der Waals surface area contributed by atoms with Crippen molar-refractivity contribution in [3.05, 3.63) is 0 Å². The van der Waals surface area contributed by atoms with Crippen molar-refractivity contribution in [2.75, 3.05) is 13.2 Å². The molecule has 0 saturated carbocycles. The molecular formula is C16H29NO4. The van der Waals surface area contributed by atoms with Crippen molar-refractivity contribution in [1.82, 2.24) is 5.32 Å². The van der Waals surface area contributed by atoms with Crippen LogP contribution in [-0.4, -0.2) is 30.8 Å². The molecule has 0 fully saturated rings. The first kappa shape index (κ1) is 19.6. The summed E-state index contributed by atoms with van der Waals surface area (Å²) < 4.78 is 4.69. The fraction of sp³-hybridized carbons (Fsp3) is 0.812. The molecule has 0 aromatic rings. The second kappa shape index (κ2) is 10.4. The van der Waals surface area contributed by atoms with E-state index < -0.39 is 5.97 Å². The second-order valence-electron chi connectivity index (χ2n) is 6.39. The lowest BCUT2D eigenvalue weighted by Gasteiger charge is -2.17. The summed E-state index contributed by atoms with van der Waals surface area (Å²) in [6.07, 6.45) is 3.43. The zero-order valence-corrected chi connectivity index (χ0v) is 13.8. The summed E-state index contributed by atoms with van der Waals surface area (Å²) in [7, 11) is 0. The van der Waals surface area contributed by atoms with Crippen LogP contribution >= 0.6 is 0 Å². The largest absolute Gasteiger partial charge is 0.466 e. The Hall–Kier alpha value is -1.39. The van der Waals surface area contributed by atoms with Gasteiger partial charge in [0.15, 0.2) is 0 Å². The summed E-state index contributed by atoms with van der Waals surface area (Å²) in [5, 5.41) is 2.70. The zero-order chi connectivity index (χ0) is 16.3. The maximum Gasteiger partial charge on any atom is 0.313 e. The Bertz CT molecular complexity index is 345. The molecule has 0 aliphatic carbocycles. The predicted octanol–water partition coefficient (Wildman–Crippen LogP) is 2.62. The van der Waals surface area contributed by atoms with Crippen LogP contribution in [0.3, 0.4) is 0 Å². The lowest BCUT2D eigenvalue weighted by Crippen LogP contribution is -2.26. The highest BCUT2D eigenvalue weighted by atomic mass is 16.5. The molecule has 122 valence electrons. The van der Waals surface area contributed by atoms with E-state index in [9.17, 15) is 14.4 Å². The summed E-state index contributed by atoms with van der Waals surface area (Å²) >= 11 is 0. The van der Waals surface area contributed by atoms with Gasteiger partial charge in [0.2, 0.25) is 5.91 Å². The molecule has 0 aromatic heterocycles. The van der Waals surface area contributed by atoms with Gasteiger partial charge in [0.25, 0.3) is 0 Å². The Morgan fingerprint density at radius 3 is 2.29 bits per heavy atom. The Morgan fingerprint density at radius 1 is 1.05 bits per heavy atom. The molecule has 0 radical (unpaired) electrons. The van der Waals surface area contributed by atoms with Crippen LogP contribution in [0.4, 0.5) is 0 Å². The van der Waals surface area contributed by atoms with Crippen molar-refractivity contribution >= 4 is 17.7 Å². The quantitative estimate of drug-likeness (QED) is 0.382. The third-order valence-electron chi connectivity index (χ3n) is 2.95. The molecule has 0 spiro atoms. The molecule has 0 heterocycles. The molecule has 5 heteroatoms. The molecule has 0 aliphatic rings. The third kappa shape index (κ3) is 13.4. The highest BCUT2D eigenvalue weighted by Crippen LogP contribution is 2.21. The van der Waals surface area contributed by atoms with E-state index in [1.165, 1.54) is 0 Å². The van der Waals surface area contributed by atoms with Crippen LogP contribution < -0.4 is 5.32 Å². The van der Waals surface area contributed by atoms with Gasteiger partial charge in [-0.1, -0.05) is 27.2 Å². The SMILES string of the molecule is CCOC(=O)CC(=O)CCNC(=O)CCCCC(C)(C)C. The number of ketones is 1. The molecule has 21 heavy (non-hydrogen) atoms. The molecule has 0 aromatic carbocycles. The zero-order valence-electron chi connectivity index (χ0n) is 13.8. The molecule has 0 saturated heterocycles. The van der Waals surface area contributed by atoms with E-state index >= 15 is 0 Å². The van der Waals surface area contributed by atoms with Gasteiger partial charge in [0.1, 0.15) is 12.2 Å². The minimum Gasteiger partial charge on any atom is -0.466 e. The molecule has 5 nitrogen and oxygen atoms in total. The molecule has 1 N–H and O–H groups in total. The normalized spacial score (nSPS) is 11.0. The van der Waals surface area contributed by atoms with E-state index in [1.54, 1.807) is 6.92 Å². The number of hydrogen-bond donors (Lipinski definition) is 1. The van der Waals surface area contributed by atoms with Gasteiger partial charge >= 0.3 is 5.97 Å². The van der Waals surface area contributed by atoms with Crippen LogP contribution in [0.1, 0.15) is 66.2 Å². The van der Waals surface area contributed by atoms with E-state index in [0.717, 1.165) is 19.3 Å². The molecule has 1 amide bonds. The highest BCUT2D eigenvalue weighted by Gasteiger charge is 2.11. The summed E-state index contributed by atoms with van der Waals surface area (Å²) in [6.45, 7) is 8.81. The van der Waals surface area contributed by atoms with Gasteiger partial charge in [-0.3, -0.25) is 14.4 Å². The fourth-order valence-corrected chi connectivity index (χ4v) is 1.83. The van der Waals surface area contributed by atoms with E-state index in [4.69, 9.17) is 0 Å². The van der Waals surface area contributed by atoms with Crippen LogP contribution in [0, 0.1) is 5.41 Å². The molecular weight excluding hydrogens is 270 g/mol. The summed E-state index contributed by atoms with van der Waals surface area (Å²) in [6, 6.07) is 0. The third-order valence-corrected chi connectivity index (χ3v) is 2.95. The topological polar surface area (TPSA) is 72.5 Å². The number of amides is 1. The van der Waals surface area contributed by atoms with Gasteiger partial charge in [0.05, 0.1) is 6.61 Å². The maximum absolute atomic E-state index is 11.6. The number of hydrogen-bond acceptors (Lipinski definition) is 4. The Morgan fingerprint density at radius 2 is 1.71 bits per heavy atom. The van der Waals surface area contributed by atoms with Crippen LogP contribution in [-0.2, 0) is 19.1 Å². The lowest BCUT2D eigenvalue weighted by molar-refractivity contribution is -0.145. The van der Waals surface area contributed by atoms with E-state index in [1.807, 2.05) is 0 Å². The number of rotatable bonds is 10. The van der Waals surface area contributed by atoms with Gasteiger partial charge in [-0.2, -0.15) is 0 Å². The number of nitrogens with one attached hydrogen (secondary N) is 1. The van der Waals surface area contributed by atoms with Crippen molar-refractivity contribution in [3.8, 4) is 0 Å². The molecule has 0 unspecified atom stereocenters. The molecule has 0 bridgehead atoms. The molecule has 0 atom stereocenters. The van der Waals surface area contributed by atoms with Crippen molar-refractivity contribution in [2.24, 2.45) is 5.41 Å². The van der Waals surface area contributed by atoms with E-state index in [2.05, 4.69) is 30.8 Å². The van der Waals surface area contributed by atoms with Gasteiger partial charge in [-0.15, -0.1) is 0 Å². The number of esters is 1. The first-order chi connectivity index (χ1) is 9.74. The first-order valence-electron chi connectivity index (χ1n) is 7.68. The van der Waals surface area contributed by atoms with Crippen molar-refractivity contribution < 1.29 is 19.1 Å². The van der Waals surface area contributed by atoms with Gasteiger partial charge in [-0.05, 0) is 25.2 Å². The van der Waals surface area contributed by atoms with Crippen LogP contribution in [0.15, 0.2) is 0 Å². The predicted molar refractivity (Wildman–Crippen MR) is 81.8 cm³/mol. The van der Waals surface area contributed by atoms with Crippen molar-refractivity contribution in [1.29, 1.82) is 0 Å². The van der Waals surface area contributed by atoms with Gasteiger partial charge < -0.3 is 10.1 Å². The standard InChI is InChI=1S/C16H29NO4/c1-5-21-15(20)12-13(18)9-11-17-14(19)8-6-7-10-16(2,3)4/h5-12H2,1-4H3,(H,17,19). The Kier molecular flexibility index (Phi) is 9.67. The van der Waals surface area contributed by atoms with Crippen molar-refractivity contribution in [2.45, 2.75) is 66.2 Å². The number of carbonyl (C=O) groups excluding carboxylic acids is 3. The second-order valence-corrected chi connectivity index (χ2v) is 6.39. The van der Waals surface area contributed by atoms with E-state index in [0.29, 0.717) is 11.8 Å². The Balaban J connectivity index is 3.61. The monoisotopic (exact) mass is 299 g/mol. The molecule has 0 rings (SSSR count). The number of Topliss-reactive ketones (excluding diaryl/α,β-unsaturated/α-hetero) is 1. The van der Waals surface area contributed by atoms with Crippen LogP contribution in [0.5, 0.6) is 0 Å². The van der Waals surface area contributed by atoms with E-state index in [-0.39, 0.29) is 37.7 Å². The smallest absolute Gasteiger partial charge is 0.313 e. The van der Waals surface area contributed by atoms with Crippen LogP contribution in [0.25, 0.3) is 0 Å². The summed E-state index contributed by atoms with van der Waals surface area (Å²) in [4.78, 5) is 34.1. The summed E-state index contributed by atoms with van der Waals surface area (Å²) in [5.41, 5.74) is 0.302. The minimum absolute atomic E-state index is 0.0344. The van der Waals surface area contributed by atoms with Crippen molar-refractivity contribution in [3.63, 3.8) is 0 Å². The maximum atomic E-state index is 11.6. The number of carbonyl (C=O) groups is 3. The fourth-order valence-electron chi connectivity index (χ4n) is 1.83. The van der Waals surface area contributed by atoms with Gasteiger partial charge in [-0.25, -0.2) is 0 Å². The highest BCUT2D eigenvalue weighted by molar-refractivity contribution is 5.95. The first-order valence-corrected chi connectivity index (χ1v) is 7.68. The van der Waals surface area contributed by atoms with Gasteiger partial charge in [0, 0.05) is 19.4 Å². The molecule has 0 aliphatic heterocycles. The number of ether oxygens (including phenoxy) is 1. The number of unbranched alkanes of at least 4 members (excludes halogenated alkanes) is 1. The van der Waals surface area contributed by atoms with Crippen LogP contribution in [0.2, 0.25) is 0 Å². The minimum atomic E-state index is -0.504. The average molecular weight is 299 g/mol. The average Bonchev–Trinajstić information content (AvgIpc) is 2.33. The Labute approximate surface area is 127 Å². The lowest BCUT2D eigenvalue weighted by atomic mass is 9.89.